The van der Waals surface area contributed by atoms with Crippen molar-refractivity contribution in [1.29, 1.82) is 0 Å². The third-order valence-corrected chi connectivity index (χ3v) is 5.66. The summed E-state index contributed by atoms with van der Waals surface area (Å²) in [6.07, 6.45) is 4.00. The number of hydrogen-bond donors (Lipinski definition) is 1. The van der Waals surface area contributed by atoms with Crippen molar-refractivity contribution in [3.8, 4) is 11.1 Å². The summed E-state index contributed by atoms with van der Waals surface area (Å²) in [6, 6.07) is 18.7. The molecule has 3 aromatic rings. The molecule has 0 bridgehead atoms. The molecule has 1 N–H and O–H groups in total. The highest BCUT2D eigenvalue weighted by atomic mass is 19.1. The molecule has 1 aliphatic heterocycles. The molecule has 0 spiro atoms. The first-order valence-electron chi connectivity index (χ1n) is 10.4. The third kappa shape index (κ3) is 4.98. The minimum Gasteiger partial charge on any atom is -0.362 e. The topological polar surface area (TPSA) is 54.5 Å². The van der Waals surface area contributed by atoms with Crippen molar-refractivity contribution in [2.45, 2.75) is 18.6 Å². The number of likely N-dealkylation sites (N-methyl/N-ethyl adjacent to an activating group) is 1. The molecule has 0 saturated carbocycles. The van der Waals surface area contributed by atoms with Crippen molar-refractivity contribution in [1.82, 2.24) is 15.2 Å². The molecule has 31 heavy (non-hydrogen) atoms. The lowest BCUT2D eigenvalue weighted by Gasteiger charge is -2.41. The van der Waals surface area contributed by atoms with Crippen LogP contribution in [0.2, 0.25) is 0 Å². The maximum atomic E-state index is 13.6. The quantitative estimate of drug-likeness (QED) is 0.665. The van der Waals surface area contributed by atoms with Crippen LogP contribution in [0.3, 0.4) is 0 Å². The van der Waals surface area contributed by atoms with Gasteiger partial charge in [-0.15, -0.1) is 0 Å². The summed E-state index contributed by atoms with van der Waals surface area (Å²) in [5.74, 6) is -0.396. The number of nitrogens with one attached hydrogen (secondary N) is 1. The zero-order valence-electron chi connectivity index (χ0n) is 17.6. The number of pyridine rings is 1. The Kier molecular flexibility index (Phi) is 6.39. The van der Waals surface area contributed by atoms with Gasteiger partial charge in [-0.25, -0.2) is 4.39 Å². The molecule has 2 aromatic carbocycles. The zero-order valence-corrected chi connectivity index (χ0v) is 17.6. The van der Waals surface area contributed by atoms with Crippen LogP contribution in [0.4, 0.5) is 4.39 Å². The summed E-state index contributed by atoms with van der Waals surface area (Å²) in [6.45, 7) is 2.14. The molecular weight excluding hydrogens is 393 g/mol. The number of nitrogens with zero attached hydrogens (tertiary/aromatic N) is 2. The maximum Gasteiger partial charge on any atom is 0.253 e. The lowest BCUT2D eigenvalue weighted by Crippen LogP contribution is -2.60. The van der Waals surface area contributed by atoms with Crippen molar-refractivity contribution in [3.05, 3.63) is 90.0 Å². The summed E-state index contributed by atoms with van der Waals surface area (Å²) < 4.78 is 19.7. The first-order valence-corrected chi connectivity index (χ1v) is 10.4. The number of carbonyl (C=O) groups is 1. The number of rotatable bonds is 6. The van der Waals surface area contributed by atoms with E-state index in [1.807, 2.05) is 30.3 Å². The van der Waals surface area contributed by atoms with E-state index in [0.29, 0.717) is 32.7 Å². The molecule has 1 fully saturated rings. The average Bonchev–Trinajstić information content (AvgIpc) is 2.80. The van der Waals surface area contributed by atoms with E-state index in [9.17, 15) is 9.18 Å². The van der Waals surface area contributed by atoms with Crippen LogP contribution in [0.25, 0.3) is 11.1 Å². The fourth-order valence-corrected chi connectivity index (χ4v) is 4.13. The molecule has 6 heteroatoms. The Morgan fingerprint density at radius 1 is 1.10 bits per heavy atom. The summed E-state index contributed by atoms with van der Waals surface area (Å²) in [7, 11) is 1.63. The Labute approximate surface area is 181 Å². The van der Waals surface area contributed by atoms with Gasteiger partial charge in [0.05, 0.1) is 6.61 Å². The standard InChI is InChI=1S/C25H26FN3O2/c1-27-24(30)25(16-19-5-7-21(8-6-19)22-9-11-28-12-10-22)18-29(13-14-31-25)17-20-3-2-4-23(26)15-20/h2-12,15H,13-14,16-18H2,1H3,(H,27,30)/t25-/m0/s1. The van der Waals surface area contributed by atoms with Gasteiger partial charge in [0, 0.05) is 45.5 Å². The monoisotopic (exact) mass is 419 g/mol. The predicted octanol–water partition coefficient (Wildman–Crippen LogP) is 3.45. The second kappa shape index (κ2) is 9.37. The molecule has 0 unspecified atom stereocenters. The number of halogens is 1. The van der Waals surface area contributed by atoms with Crippen molar-refractivity contribution in [2.24, 2.45) is 0 Å². The maximum absolute atomic E-state index is 13.6. The van der Waals surface area contributed by atoms with Gasteiger partial charge in [0.15, 0.2) is 5.60 Å². The number of carbonyl (C=O) groups excluding carboxylic acids is 1. The molecule has 1 atom stereocenters. The first kappa shape index (κ1) is 21.2. The molecule has 0 aliphatic carbocycles. The molecule has 1 amide bonds. The molecule has 2 heterocycles. The van der Waals surface area contributed by atoms with Gasteiger partial charge in [-0.05, 0) is 46.5 Å². The number of morpholine rings is 1. The number of aromatic nitrogens is 1. The minimum atomic E-state index is -0.988. The highest BCUT2D eigenvalue weighted by molar-refractivity contribution is 5.86. The van der Waals surface area contributed by atoms with Crippen molar-refractivity contribution >= 4 is 5.91 Å². The van der Waals surface area contributed by atoms with Crippen LogP contribution < -0.4 is 5.32 Å². The fraction of sp³-hybridized carbons (Fsp3) is 0.280. The Bertz CT molecular complexity index is 1030. The van der Waals surface area contributed by atoms with E-state index in [2.05, 4.69) is 27.3 Å². The molecular formula is C25H26FN3O2. The molecule has 1 aliphatic rings. The normalized spacial score (nSPS) is 19.2. The lowest BCUT2D eigenvalue weighted by atomic mass is 9.90. The van der Waals surface area contributed by atoms with E-state index >= 15 is 0 Å². The van der Waals surface area contributed by atoms with Gasteiger partial charge in [-0.1, -0.05) is 36.4 Å². The summed E-state index contributed by atoms with van der Waals surface area (Å²) in [5.41, 5.74) is 3.11. The van der Waals surface area contributed by atoms with Crippen LogP contribution >= 0.6 is 0 Å². The van der Waals surface area contributed by atoms with Crippen LogP contribution in [-0.4, -0.2) is 48.1 Å². The molecule has 1 saturated heterocycles. The number of hydrogen-bond acceptors (Lipinski definition) is 4. The van der Waals surface area contributed by atoms with Gasteiger partial charge in [-0.2, -0.15) is 0 Å². The SMILES string of the molecule is CNC(=O)[C@]1(Cc2ccc(-c3ccncc3)cc2)CN(Cc2cccc(F)c2)CCO1. The van der Waals surface area contributed by atoms with Crippen LogP contribution in [0, 0.1) is 5.82 Å². The summed E-state index contributed by atoms with van der Waals surface area (Å²) in [5, 5.41) is 2.77. The Morgan fingerprint density at radius 2 is 1.84 bits per heavy atom. The zero-order chi connectivity index (χ0) is 21.7. The van der Waals surface area contributed by atoms with E-state index < -0.39 is 5.60 Å². The number of ether oxygens (including phenoxy) is 1. The highest BCUT2D eigenvalue weighted by Gasteiger charge is 2.43. The fourth-order valence-electron chi connectivity index (χ4n) is 4.13. The van der Waals surface area contributed by atoms with Crippen molar-refractivity contribution < 1.29 is 13.9 Å². The van der Waals surface area contributed by atoms with Crippen molar-refractivity contribution in [2.75, 3.05) is 26.7 Å². The van der Waals surface area contributed by atoms with Gasteiger partial charge in [0.2, 0.25) is 0 Å². The minimum absolute atomic E-state index is 0.144. The number of amides is 1. The molecule has 160 valence electrons. The summed E-state index contributed by atoms with van der Waals surface area (Å²) in [4.78, 5) is 19.1. The molecule has 0 radical (unpaired) electrons. The first-order chi connectivity index (χ1) is 15.1. The number of benzene rings is 2. The Morgan fingerprint density at radius 3 is 2.55 bits per heavy atom. The van der Waals surface area contributed by atoms with Gasteiger partial charge < -0.3 is 10.1 Å². The molecule has 1 aromatic heterocycles. The predicted molar refractivity (Wildman–Crippen MR) is 118 cm³/mol. The van der Waals surface area contributed by atoms with Gasteiger partial charge >= 0.3 is 0 Å². The van der Waals surface area contributed by atoms with Crippen LogP contribution in [0.15, 0.2) is 73.1 Å². The highest BCUT2D eigenvalue weighted by Crippen LogP contribution is 2.27. The van der Waals surface area contributed by atoms with Crippen LogP contribution in [0.5, 0.6) is 0 Å². The van der Waals surface area contributed by atoms with Gasteiger partial charge in [0.1, 0.15) is 5.82 Å². The van der Waals surface area contributed by atoms with Crippen LogP contribution in [-0.2, 0) is 22.5 Å². The lowest BCUT2D eigenvalue weighted by molar-refractivity contribution is -0.160. The second-order valence-electron chi connectivity index (χ2n) is 7.87. The van der Waals surface area contributed by atoms with Gasteiger partial charge in [0.25, 0.3) is 5.91 Å². The smallest absolute Gasteiger partial charge is 0.253 e. The third-order valence-electron chi connectivity index (χ3n) is 5.66. The van der Waals surface area contributed by atoms with E-state index in [1.54, 1.807) is 25.5 Å². The van der Waals surface area contributed by atoms with E-state index in [1.165, 1.54) is 12.1 Å². The second-order valence-corrected chi connectivity index (χ2v) is 7.87. The summed E-state index contributed by atoms with van der Waals surface area (Å²) >= 11 is 0. The van der Waals surface area contributed by atoms with E-state index in [4.69, 9.17) is 4.74 Å². The largest absolute Gasteiger partial charge is 0.362 e. The van der Waals surface area contributed by atoms with E-state index in [0.717, 1.165) is 22.3 Å². The molecule has 5 nitrogen and oxygen atoms in total. The van der Waals surface area contributed by atoms with Crippen molar-refractivity contribution in [3.63, 3.8) is 0 Å². The molecule has 4 rings (SSSR count). The van der Waals surface area contributed by atoms with Gasteiger partial charge in [-0.3, -0.25) is 14.7 Å². The average molecular weight is 420 g/mol. The Balaban J connectivity index is 1.53. The van der Waals surface area contributed by atoms with Crippen LogP contribution in [0.1, 0.15) is 11.1 Å². The Hall–Kier alpha value is -3.09. The van der Waals surface area contributed by atoms with E-state index in [-0.39, 0.29) is 11.7 Å².